The van der Waals surface area contributed by atoms with Gasteiger partial charge in [-0.15, -0.1) is 0 Å². The Hall–Kier alpha value is -4.70. The summed E-state index contributed by atoms with van der Waals surface area (Å²) < 4.78 is 18.4. The zero-order valence-electron chi connectivity index (χ0n) is 24.0. The average molecular weight is 586 g/mol. The number of aromatic nitrogens is 1. The number of thiazole rings is 1. The van der Waals surface area contributed by atoms with E-state index in [1.165, 1.54) is 11.3 Å². The van der Waals surface area contributed by atoms with Crippen LogP contribution in [0.15, 0.2) is 86.1 Å². The second kappa shape index (κ2) is 12.0. The molecule has 0 amide bonds. The van der Waals surface area contributed by atoms with Crippen molar-refractivity contribution in [2.24, 2.45) is 4.99 Å². The van der Waals surface area contributed by atoms with Crippen molar-refractivity contribution in [1.29, 1.82) is 0 Å². The van der Waals surface area contributed by atoms with E-state index in [4.69, 9.17) is 13.9 Å². The molecule has 0 spiro atoms. The zero-order chi connectivity index (χ0) is 30.0. The van der Waals surface area contributed by atoms with E-state index in [2.05, 4.69) is 4.99 Å². The van der Waals surface area contributed by atoms with E-state index < -0.39 is 12.0 Å². The fourth-order valence-electron chi connectivity index (χ4n) is 4.76. The highest BCUT2D eigenvalue weighted by atomic mass is 32.1. The molecule has 2 aromatic heterocycles. The van der Waals surface area contributed by atoms with Crippen LogP contribution >= 0.6 is 11.3 Å². The molecule has 0 aliphatic carbocycles. The van der Waals surface area contributed by atoms with Crippen LogP contribution in [0, 0.1) is 0 Å². The van der Waals surface area contributed by atoms with Gasteiger partial charge in [0.1, 0.15) is 11.5 Å². The van der Waals surface area contributed by atoms with Crippen LogP contribution in [0.1, 0.15) is 48.5 Å². The van der Waals surface area contributed by atoms with Crippen LogP contribution in [0.5, 0.6) is 0 Å². The second-order valence-electron chi connectivity index (χ2n) is 9.79. The van der Waals surface area contributed by atoms with Crippen molar-refractivity contribution in [2.75, 3.05) is 32.2 Å². The third-order valence-corrected chi connectivity index (χ3v) is 7.81. The molecule has 9 nitrogen and oxygen atoms in total. The van der Waals surface area contributed by atoms with Gasteiger partial charge in [-0.3, -0.25) is 9.36 Å². The van der Waals surface area contributed by atoms with Gasteiger partial charge in [0.2, 0.25) is 0 Å². The van der Waals surface area contributed by atoms with Crippen molar-refractivity contribution >= 4 is 35.0 Å². The third kappa shape index (κ3) is 5.58. The maximum Gasteiger partial charge on any atom is 0.338 e. The van der Waals surface area contributed by atoms with Crippen molar-refractivity contribution in [2.45, 2.75) is 26.8 Å². The maximum atomic E-state index is 13.9. The van der Waals surface area contributed by atoms with Gasteiger partial charge < -0.3 is 18.8 Å². The lowest BCUT2D eigenvalue weighted by atomic mass is 9.95. The first kappa shape index (κ1) is 28.8. The number of benzene rings is 2. The Balaban J connectivity index is 1.55. The Morgan fingerprint density at radius 1 is 0.976 bits per heavy atom. The molecule has 216 valence electrons. The predicted molar refractivity (Wildman–Crippen MR) is 161 cm³/mol. The zero-order valence-corrected chi connectivity index (χ0v) is 24.9. The Kier molecular flexibility index (Phi) is 8.26. The van der Waals surface area contributed by atoms with Crippen LogP contribution in [0.4, 0.5) is 5.69 Å². The second-order valence-corrected chi connectivity index (χ2v) is 10.8. The quantitative estimate of drug-likeness (QED) is 0.284. The van der Waals surface area contributed by atoms with Gasteiger partial charge >= 0.3 is 11.9 Å². The highest BCUT2D eigenvalue weighted by Gasteiger charge is 2.33. The molecule has 0 bridgehead atoms. The van der Waals surface area contributed by atoms with Crippen molar-refractivity contribution in [3.8, 4) is 11.3 Å². The summed E-state index contributed by atoms with van der Waals surface area (Å²) >= 11 is 1.23. The first-order valence-electron chi connectivity index (χ1n) is 13.6. The Morgan fingerprint density at radius 3 is 2.29 bits per heavy atom. The molecule has 0 saturated heterocycles. The standard InChI is InChI=1S/C32H31N3O6S/c1-6-39-30(37)22-10-8-20(9-11-22)25-17-16-24(41-25)18-26-29(36)35-28(21-12-14-23(15-13-21)34(4)5)27(31(38)40-7-2)19(3)33-32(35)42-26/h8-18,28H,6-7H2,1-5H3/b26-18+/t28-/m1/s1. The molecule has 5 rings (SSSR count). The number of fused-ring (bicyclic) bond motifs is 1. The minimum Gasteiger partial charge on any atom is -0.463 e. The van der Waals surface area contributed by atoms with Gasteiger partial charge in [0, 0.05) is 31.4 Å². The molecule has 3 heterocycles. The van der Waals surface area contributed by atoms with E-state index in [9.17, 15) is 14.4 Å². The summed E-state index contributed by atoms with van der Waals surface area (Å²) in [4.78, 5) is 46.0. The SMILES string of the molecule is CCOC(=O)C1=C(C)N=c2s/c(=C/c3ccc(-c4ccc(C(=O)OCC)cc4)o3)c(=O)n2[C@@H]1c1ccc(N(C)C)cc1. The van der Waals surface area contributed by atoms with Crippen LogP contribution in [-0.4, -0.2) is 43.8 Å². The number of rotatable bonds is 8. The smallest absolute Gasteiger partial charge is 0.338 e. The lowest BCUT2D eigenvalue weighted by Gasteiger charge is -2.25. The summed E-state index contributed by atoms with van der Waals surface area (Å²) in [7, 11) is 3.90. The normalized spacial score (nSPS) is 14.8. The van der Waals surface area contributed by atoms with Crippen LogP contribution in [0.3, 0.4) is 0 Å². The number of carbonyl (C=O) groups excluding carboxylic acids is 2. The molecular formula is C32H31N3O6S. The molecule has 0 fully saturated rings. The first-order valence-corrected chi connectivity index (χ1v) is 14.4. The molecular weight excluding hydrogens is 554 g/mol. The molecule has 0 saturated carbocycles. The Labute approximate surface area is 246 Å². The van der Waals surface area contributed by atoms with E-state index in [1.54, 1.807) is 67.8 Å². The molecule has 2 aromatic carbocycles. The lowest BCUT2D eigenvalue weighted by molar-refractivity contribution is -0.139. The average Bonchev–Trinajstić information content (AvgIpc) is 3.57. The van der Waals surface area contributed by atoms with Crippen LogP contribution in [0.25, 0.3) is 17.4 Å². The van der Waals surface area contributed by atoms with Gasteiger partial charge in [-0.2, -0.15) is 0 Å². The number of hydrogen-bond donors (Lipinski definition) is 0. The van der Waals surface area contributed by atoms with Gasteiger partial charge in [0.05, 0.1) is 40.6 Å². The fraction of sp³-hybridized carbons (Fsp3) is 0.250. The lowest BCUT2D eigenvalue weighted by Crippen LogP contribution is -2.39. The van der Waals surface area contributed by atoms with Gasteiger partial charge in [0.15, 0.2) is 4.80 Å². The molecule has 4 aromatic rings. The highest BCUT2D eigenvalue weighted by molar-refractivity contribution is 7.07. The number of ether oxygens (including phenoxy) is 2. The fourth-order valence-corrected chi connectivity index (χ4v) is 5.79. The van der Waals surface area contributed by atoms with Gasteiger partial charge in [0.25, 0.3) is 5.56 Å². The van der Waals surface area contributed by atoms with Crippen LogP contribution in [-0.2, 0) is 14.3 Å². The van der Waals surface area contributed by atoms with E-state index in [0.29, 0.717) is 44.3 Å². The van der Waals surface area contributed by atoms with E-state index in [-0.39, 0.29) is 18.1 Å². The summed E-state index contributed by atoms with van der Waals surface area (Å²) in [6, 6.07) is 17.6. The maximum absolute atomic E-state index is 13.9. The van der Waals surface area contributed by atoms with Crippen molar-refractivity contribution < 1.29 is 23.5 Å². The van der Waals surface area contributed by atoms with Crippen molar-refractivity contribution in [3.05, 3.63) is 109 Å². The number of carbonyl (C=O) groups is 2. The summed E-state index contributed by atoms with van der Waals surface area (Å²) in [6.45, 7) is 5.78. The molecule has 1 aliphatic heterocycles. The monoisotopic (exact) mass is 585 g/mol. The number of esters is 2. The predicted octanol–water partition coefficient (Wildman–Crippen LogP) is 4.30. The molecule has 0 radical (unpaired) electrons. The number of allylic oxidation sites excluding steroid dienone is 1. The highest BCUT2D eigenvalue weighted by Crippen LogP contribution is 2.31. The summed E-state index contributed by atoms with van der Waals surface area (Å²) in [5.41, 5.74) is 3.56. The van der Waals surface area contributed by atoms with Crippen LogP contribution < -0.4 is 19.8 Å². The molecule has 1 atom stereocenters. The van der Waals surface area contributed by atoms with Gasteiger partial charge in [-0.1, -0.05) is 35.6 Å². The number of anilines is 1. The third-order valence-electron chi connectivity index (χ3n) is 6.82. The van der Waals surface area contributed by atoms with E-state index >= 15 is 0 Å². The number of nitrogens with zero attached hydrogens (tertiary/aromatic N) is 3. The topological polar surface area (TPSA) is 103 Å². The minimum absolute atomic E-state index is 0.207. The molecule has 1 aliphatic rings. The first-order chi connectivity index (χ1) is 20.2. The minimum atomic E-state index is -0.691. The van der Waals surface area contributed by atoms with Crippen molar-refractivity contribution in [1.82, 2.24) is 4.57 Å². The van der Waals surface area contributed by atoms with Gasteiger partial charge in [-0.25, -0.2) is 14.6 Å². The Morgan fingerprint density at radius 2 is 1.64 bits per heavy atom. The number of hydrogen-bond acceptors (Lipinski definition) is 9. The summed E-state index contributed by atoms with van der Waals surface area (Å²) in [6.07, 6.45) is 1.68. The molecule has 10 heteroatoms. The molecule has 0 N–H and O–H groups in total. The molecule has 0 unspecified atom stereocenters. The largest absolute Gasteiger partial charge is 0.463 e. The van der Waals surface area contributed by atoms with Crippen molar-refractivity contribution in [3.63, 3.8) is 0 Å². The molecule has 42 heavy (non-hydrogen) atoms. The Bertz CT molecular complexity index is 1840. The summed E-state index contributed by atoms with van der Waals surface area (Å²) in [5.74, 6) is 0.189. The van der Waals surface area contributed by atoms with E-state index in [0.717, 1.165) is 16.8 Å². The van der Waals surface area contributed by atoms with Crippen LogP contribution in [0.2, 0.25) is 0 Å². The summed E-state index contributed by atoms with van der Waals surface area (Å²) in [5, 5.41) is 0. The number of furan rings is 1. The van der Waals surface area contributed by atoms with E-state index in [1.807, 2.05) is 43.3 Å². The van der Waals surface area contributed by atoms with Gasteiger partial charge in [-0.05, 0) is 62.7 Å².